The van der Waals surface area contributed by atoms with E-state index in [1.165, 1.54) is 0 Å². The van der Waals surface area contributed by atoms with Gasteiger partial charge < -0.3 is 10.2 Å². The molecule has 0 aliphatic heterocycles. The van der Waals surface area contributed by atoms with E-state index < -0.39 is 0 Å². The van der Waals surface area contributed by atoms with Crippen molar-refractivity contribution in [1.82, 2.24) is 0 Å². The van der Waals surface area contributed by atoms with E-state index in [9.17, 15) is 10.2 Å². The fraction of sp³-hybridized carbons (Fsp3) is 0. The predicted molar refractivity (Wildman–Crippen MR) is 116 cm³/mol. The Balaban J connectivity index is 1.87. The van der Waals surface area contributed by atoms with Crippen molar-refractivity contribution < 1.29 is 10.2 Å². The van der Waals surface area contributed by atoms with Crippen LogP contribution in [-0.2, 0) is 0 Å². The Morgan fingerprint density at radius 3 is 1.27 bits per heavy atom. The predicted octanol–water partition coefficient (Wildman–Crippen LogP) is 6.96. The van der Waals surface area contributed by atoms with Gasteiger partial charge in [-0.3, -0.25) is 0 Å². The van der Waals surface area contributed by atoms with Gasteiger partial charge in [-0.2, -0.15) is 0 Å². The summed E-state index contributed by atoms with van der Waals surface area (Å²) in [5, 5.41) is 20.6. The zero-order valence-corrected chi connectivity index (χ0v) is 16.9. The number of rotatable bonds is 4. The number of phenolic OH excluding ortho intramolecular Hbond substituents is 2. The molecule has 3 rings (SSSR count). The SMILES string of the molecule is Oc1cc(/C=C\c2ccccc2Br)c(O)cc1/C=C\c1ccccc1Br. The summed E-state index contributed by atoms with van der Waals surface area (Å²) in [5.41, 5.74) is 3.08. The topological polar surface area (TPSA) is 40.5 Å². The first-order valence-electron chi connectivity index (χ1n) is 7.96. The van der Waals surface area contributed by atoms with Gasteiger partial charge in [0.05, 0.1) is 0 Å². The van der Waals surface area contributed by atoms with Gasteiger partial charge in [-0.1, -0.05) is 92.6 Å². The van der Waals surface area contributed by atoms with E-state index in [0.717, 1.165) is 20.1 Å². The van der Waals surface area contributed by atoms with Gasteiger partial charge in [0.1, 0.15) is 11.5 Å². The summed E-state index contributed by atoms with van der Waals surface area (Å²) in [6.45, 7) is 0. The highest BCUT2D eigenvalue weighted by molar-refractivity contribution is 9.10. The van der Waals surface area contributed by atoms with Gasteiger partial charge in [0, 0.05) is 20.1 Å². The molecular formula is C22H16Br2O2. The van der Waals surface area contributed by atoms with Crippen LogP contribution in [0.15, 0.2) is 69.6 Å². The van der Waals surface area contributed by atoms with Crippen LogP contribution in [0, 0.1) is 0 Å². The average Bonchev–Trinajstić information content (AvgIpc) is 2.63. The summed E-state index contributed by atoms with van der Waals surface area (Å²) in [7, 11) is 0. The van der Waals surface area contributed by atoms with Crippen molar-refractivity contribution in [2.45, 2.75) is 0 Å². The molecule has 2 N–H and O–H groups in total. The third kappa shape index (κ3) is 4.45. The van der Waals surface area contributed by atoms with Crippen LogP contribution in [0.2, 0.25) is 0 Å². The fourth-order valence-corrected chi connectivity index (χ4v) is 3.29. The van der Waals surface area contributed by atoms with E-state index in [2.05, 4.69) is 31.9 Å². The van der Waals surface area contributed by atoms with Gasteiger partial charge in [-0.05, 0) is 35.4 Å². The van der Waals surface area contributed by atoms with E-state index >= 15 is 0 Å². The summed E-state index contributed by atoms with van der Waals surface area (Å²) in [4.78, 5) is 0. The molecule has 3 aromatic rings. The molecule has 130 valence electrons. The second-order valence-corrected chi connectivity index (χ2v) is 7.39. The second-order valence-electron chi connectivity index (χ2n) is 5.68. The highest BCUT2D eigenvalue weighted by atomic mass is 79.9. The van der Waals surface area contributed by atoms with Crippen molar-refractivity contribution in [3.63, 3.8) is 0 Å². The Morgan fingerprint density at radius 2 is 0.885 bits per heavy atom. The monoisotopic (exact) mass is 470 g/mol. The molecule has 3 aromatic carbocycles. The maximum absolute atomic E-state index is 10.3. The molecule has 0 aliphatic rings. The van der Waals surface area contributed by atoms with E-state index in [-0.39, 0.29) is 11.5 Å². The minimum Gasteiger partial charge on any atom is -0.507 e. The summed E-state index contributed by atoms with van der Waals surface area (Å²) in [6.07, 6.45) is 7.32. The van der Waals surface area contributed by atoms with Crippen molar-refractivity contribution in [2.75, 3.05) is 0 Å². The minimum absolute atomic E-state index is 0.109. The molecule has 0 atom stereocenters. The Kier molecular flexibility index (Phi) is 5.96. The molecule has 0 aromatic heterocycles. The molecule has 0 spiro atoms. The third-order valence-electron chi connectivity index (χ3n) is 3.87. The van der Waals surface area contributed by atoms with Crippen LogP contribution in [0.3, 0.4) is 0 Å². The Bertz CT molecular complexity index is 910. The van der Waals surface area contributed by atoms with E-state index in [1.807, 2.05) is 60.7 Å². The lowest BCUT2D eigenvalue weighted by molar-refractivity contribution is 0.458. The number of phenols is 2. The van der Waals surface area contributed by atoms with Gasteiger partial charge in [0.2, 0.25) is 0 Å². The summed E-state index contributed by atoms with van der Waals surface area (Å²) < 4.78 is 1.93. The van der Waals surface area contributed by atoms with E-state index in [4.69, 9.17) is 0 Å². The van der Waals surface area contributed by atoms with E-state index in [0.29, 0.717) is 11.1 Å². The zero-order valence-electron chi connectivity index (χ0n) is 13.7. The van der Waals surface area contributed by atoms with Gasteiger partial charge >= 0.3 is 0 Å². The van der Waals surface area contributed by atoms with Crippen LogP contribution in [0.4, 0.5) is 0 Å². The average molecular weight is 472 g/mol. The van der Waals surface area contributed by atoms with Gasteiger partial charge in [0.15, 0.2) is 0 Å². The number of halogens is 2. The smallest absolute Gasteiger partial charge is 0.123 e. The maximum atomic E-state index is 10.3. The quantitative estimate of drug-likeness (QED) is 0.318. The van der Waals surface area contributed by atoms with Gasteiger partial charge in [-0.25, -0.2) is 0 Å². The number of hydrogen-bond acceptors (Lipinski definition) is 2. The molecule has 0 bridgehead atoms. The molecule has 0 saturated carbocycles. The van der Waals surface area contributed by atoms with Crippen LogP contribution in [0.1, 0.15) is 22.3 Å². The molecule has 0 aliphatic carbocycles. The number of hydrogen-bond donors (Lipinski definition) is 2. The summed E-state index contributed by atoms with van der Waals surface area (Å²) >= 11 is 6.97. The zero-order chi connectivity index (χ0) is 18.5. The van der Waals surface area contributed by atoms with Gasteiger partial charge in [-0.15, -0.1) is 0 Å². The van der Waals surface area contributed by atoms with Gasteiger partial charge in [0.25, 0.3) is 0 Å². The molecular weight excluding hydrogens is 456 g/mol. The first-order valence-corrected chi connectivity index (χ1v) is 9.54. The first kappa shape index (κ1) is 18.5. The summed E-state index contributed by atoms with van der Waals surface area (Å²) in [6, 6.07) is 18.7. The van der Waals surface area contributed by atoms with Crippen molar-refractivity contribution in [3.05, 3.63) is 91.9 Å². The molecule has 26 heavy (non-hydrogen) atoms. The van der Waals surface area contributed by atoms with E-state index in [1.54, 1.807) is 24.3 Å². The minimum atomic E-state index is 0.109. The Morgan fingerprint density at radius 1 is 0.538 bits per heavy atom. The lowest BCUT2D eigenvalue weighted by Crippen LogP contribution is -1.81. The molecule has 2 nitrogen and oxygen atoms in total. The third-order valence-corrected chi connectivity index (χ3v) is 5.32. The van der Waals surface area contributed by atoms with Crippen molar-refractivity contribution >= 4 is 56.2 Å². The highest BCUT2D eigenvalue weighted by Gasteiger charge is 2.05. The molecule has 0 unspecified atom stereocenters. The van der Waals surface area contributed by atoms with Crippen LogP contribution < -0.4 is 0 Å². The maximum Gasteiger partial charge on any atom is 0.123 e. The second kappa shape index (κ2) is 8.39. The highest BCUT2D eigenvalue weighted by Crippen LogP contribution is 2.31. The Labute approximate surface area is 169 Å². The fourth-order valence-electron chi connectivity index (χ4n) is 2.46. The first-order chi connectivity index (χ1) is 12.5. The molecule has 0 fully saturated rings. The summed E-state index contributed by atoms with van der Waals surface area (Å²) in [5.74, 6) is 0.218. The number of benzene rings is 3. The van der Waals surface area contributed by atoms with Crippen LogP contribution >= 0.6 is 31.9 Å². The lowest BCUT2D eigenvalue weighted by Gasteiger charge is -2.05. The van der Waals surface area contributed by atoms with Crippen molar-refractivity contribution in [1.29, 1.82) is 0 Å². The molecule has 0 radical (unpaired) electrons. The van der Waals surface area contributed by atoms with Crippen LogP contribution in [0.5, 0.6) is 11.5 Å². The largest absolute Gasteiger partial charge is 0.507 e. The molecule has 0 saturated heterocycles. The van der Waals surface area contributed by atoms with Crippen LogP contribution in [-0.4, -0.2) is 10.2 Å². The van der Waals surface area contributed by atoms with Crippen molar-refractivity contribution in [3.8, 4) is 11.5 Å². The lowest BCUT2D eigenvalue weighted by atomic mass is 10.1. The number of aromatic hydroxyl groups is 2. The Hall–Kier alpha value is -2.30. The molecule has 4 heteroatoms. The standard InChI is InChI=1S/C22H16Br2O2/c23-19-7-3-1-5-15(19)9-11-17-13-22(26)18(14-21(17)25)12-10-16-6-2-4-8-20(16)24/h1-14,25-26H/b11-9-,12-10-. The molecule has 0 heterocycles. The normalized spacial score (nSPS) is 11.5. The van der Waals surface area contributed by atoms with Crippen molar-refractivity contribution in [2.24, 2.45) is 0 Å². The van der Waals surface area contributed by atoms with Crippen LogP contribution in [0.25, 0.3) is 24.3 Å². The molecule has 0 amide bonds.